The monoisotopic (exact) mass is 495 g/mol. The molecule has 3 atom stereocenters. The number of Topliss-reactive ketones (excluding diaryl/α,β-unsaturated/α-hetero) is 1. The summed E-state index contributed by atoms with van der Waals surface area (Å²) in [5.41, 5.74) is 0. The van der Waals surface area contributed by atoms with Gasteiger partial charge in [0.1, 0.15) is 6.17 Å². The number of carbonyl (C=O) groups excluding carboxylic acids is 1. The fourth-order valence-corrected chi connectivity index (χ4v) is 6.09. The highest BCUT2D eigenvalue weighted by molar-refractivity contribution is 5.86. The van der Waals surface area contributed by atoms with E-state index in [-0.39, 0.29) is 12.0 Å². The minimum absolute atomic E-state index is 0.144. The van der Waals surface area contributed by atoms with Crippen molar-refractivity contribution >= 4 is 5.78 Å². The zero-order chi connectivity index (χ0) is 25.7. The zero-order valence-corrected chi connectivity index (χ0v) is 24.3. The summed E-state index contributed by atoms with van der Waals surface area (Å²) in [6.45, 7) is 9.49. The first-order valence-corrected chi connectivity index (χ1v) is 16.0. The third-order valence-corrected chi connectivity index (χ3v) is 8.33. The van der Waals surface area contributed by atoms with Crippen molar-refractivity contribution in [2.45, 2.75) is 187 Å². The van der Waals surface area contributed by atoms with Crippen LogP contribution in [0.3, 0.4) is 0 Å². The van der Waals surface area contributed by atoms with Crippen LogP contribution in [0.2, 0.25) is 0 Å². The Morgan fingerprint density at radius 1 is 0.657 bits per heavy atom. The van der Waals surface area contributed by atoms with Crippen LogP contribution in [-0.4, -0.2) is 35.5 Å². The predicted octanol–water partition coefficient (Wildman–Crippen LogP) is 10.2. The van der Waals surface area contributed by atoms with Gasteiger partial charge in [0.15, 0.2) is 5.78 Å². The van der Waals surface area contributed by atoms with E-state index in [0.717, 1.165) is 38.5 Å². The number of ketones is 1. The van der Waals surface area contributed by atoms with Crippen molar-refractivity contribution < 1.29 is 9.18 Å². The van der Waals surface area contributed by atoms with E-state index in [2.05, 4.69) is 32.6 Å². The largest absolute Gasteiger partial charge is 0.298 e. The van der Waals surface area contributed by atoms with Gasteiger partial charge in [-0.25, -0.2) is 4.39 Å². The Bertz CT molecular complexity index is 482. The highest BCUT2D eigenvalue weighted by atomic mass is 19.1. The molecule has 0 aromatic heterocycles. The zero-order valence-electron chi connectivity index (χ0n) is 24.3. The molecule has 0 saturated carbocycles. The summed E-state index contributed by atoms with van der Waals surface area (Å²) in [6, 6.07) is 0.225. The lowest BCUT2D eigenvalue weighted by molar-refractivity contribution is -0.128. The average molecular weight is 496 g/mol. The van der Waals surface area contributed by atoms with Crippen LogP contribution in [-0.2, 0) is 4.79 Å². The molecule has 0 aliphatic carbocycles. The number of hydrogen-bond donors (Lipinski definition) is 0. The molecule has 1 rings (SSSR count). The van der Waals surface area contributed by atoms with Crippen molar-refractivity contribution in [1.29, 1.82) is 0 Å². The highest BCUT2D eigenvalue weighted by Crippen LogP contribution is 2.32. The number of rotatable bonds is 24. The molecule has 0 aromatic carbocycles. The number of alkyl halides is 1. The van der Waals surface area contributed by atoms with Gasteiger partial charge in [-0.05, 0) is 25.7 Å². The fraction of sp³-hybridized carbons (Fsp3) is 0.969. The fourth-order valence-electron chi connectivity index (χ4n) is 6.09. The Hall–Kier alpha value is -0.440. The van der Waals surface area contributed by atoms with E-state index >= 15 is 0 Å². The molecule has 2 nitrogen and oxygen atoms in total. The van der Waals surface area contributed by atoms with E-state index in [1.54, 1.807) is 0 Å². The molecular formula is C32H62FNO. The Balaban J connectivity index is 2.84. The maximum absolute atomic E-state index is 14.9. The lowest BCUT2D eigenvalue weighted by Crippen LogP contribution is -2.45. The summed E-state index contributed by atoms with van der Waals surface area (Å²) in [5, 5.41) is 0. The van der Waals surface area contributed by atoms with Crippen LogP contribution in [0.5, 0.6) is 0 Å². The first kappa shape index (κ1) is 32.6. The molecule has 0 spiro atoms. The molecule has 0 amide bonds. The van der Waals surface area contributed by atoms with Gasteiger partial charge in [-0.2, -0.15) is 0 Å². The molecule has 0 bridgehead atoms. The van der Waals surface area contributed by atoms with E-state index in [1.165, 1.54) is 96.3 Å². The van der Waals surface area contributed by atoms with Crippen molar-refractivity contribution in [3.05, 3.63) is 0 Å². The first-order chi connectivity index (χ1) is 17.1. The summed E-state index contributed by atoms with van der Waals surface area (Å²) in [6.07, 6.45) is 25.1. The van der Waals surface area contributed by atoms with Crippen LogP contribution < -0.4 is 0 Å². The molecule has 1 fully saturated rings. The normalized spacial score (nSPS) is 19.6. The Morgan fingerprint density at radius 2 is 1.06 bits per heavy atom. The van der Waals surface area contributed by atoms with Gasteiger partial charge in [-0.1, -0.05) is 137 Å². The maximum atomic E-state index is 14.9. The van der Waals surface area contributed by atoms with Crippen molar-refractivity contribution in [2.75, 3.05) is 6.54 Å². The summed E-state index contributed by atoms with van der Waals surface area (Å²) in [7, 11) is 0. The average Bonchev–Trinajstić information content (AvgIpc) is 3.25. The molecule has 0 radical (unpaired) electrons. The van der Waals surface area contributed by atoms with Crippen LogP contribution in [0, 0.1) is 5.92 Å². The second-order valence-corrected chi connectivity index (χ2v) is 11.5. The van der Waals surface area contributed by atoms with Gasteiger partial charge in [0, 0.05) is 24.9 Å². The molecule has 0 N–H and O–H groups in total. The summed E-state index contributed by atoms with van der Waals surface area (Å²) >= 11 is 0. The van der Waals surface area contributed by atoms with E-state index < -0.39 is 6.17 Å². The van der Waals surface area contributed by atoms with Crippen LogP contribution in [0.4, 0.5) is 4.39 Å². The first-order valence-electron chi connectivity index (χ1n) is 16.0. The van der Waals surface area contributed by atoms with Gasteiger partial charge >= 0.3 is 0 Å². The number of unbranched alkanes of at least 4 members (excludes halogenated alkanes) is 13. The molecule has 35 heavy (non-hydrogen) atoms. The van der Waals surface area contributed by atoms with Gasteiger partial charge in [0.05, 0.1) is 6.04 Å². The van der Waals surface area contributed by atoms with Crippen LogP contribution in [0.25, 0.3) is 0 Å². The van der Waals surface area contributed by atoms with Crippen LogP contribution in [0.1, 0.15) is 169 Å². The molecule has 3 heteroatoms. The van der Waals surface area contributed by atoms with E-state index in [1.807, 2.05) is 0 Å². The van der Waals surface area contributed by atoms with Gasteiger partial charge in [0.2, 0.25) is 0 Å². The van der Waals surface area contributed by atoms with Crippen LogP contribution in [0.15, 0.2) is 0 Å². The molecule has 1 aliphatic heterocycles. The van der Waals surface area contributed by atoms with Crippen molar-refractivity contribution in [2.24, 2.45) is 5.92 Å². The number of hydrogen-bond acceptors (Lipinski definition) is 2. The minimum Gasteiger partial charge on any atom is -0.298 e. The lowest BCUT2D eigenvalue weighted by atomic mass is 9.86. The third kappa shape index (κ3) is 14.2. The Morgan fingerprint density at radius 3 is 1.57 bits per heavy atom. The minimum atomic E-state index is -0.831. The van der Waals surface area contributed by atoms with Gasteiger partial charge in [0.25, 0.3) is 0 Å². The second-order valence-electron chi connectivity index (χ2n) is 11.5. The summed E-state index contributed by atoms with van der Waals surface area (Å²) < 4.78 is 14.9. The number of nitrogens with zero attached hydrogens (tertiary/aromatic N) is 1. The molecule has 3 unspecified atom stereocenters. The molecule has 1 saturated heterocycles. The predicted molar refractivity (Wildman–Crippen MR) is 152 cm³/mol. The third-order valence-electron chi connectivity index (χ3n) is 8.33. The van der Waals surface area contributed by atoms with Crippen molar-refractivity contribution in [3.8, 4) is 0 Å². The Kier molecular flexibility index (Phi) is 20.1. The second kappa shape index (κ2) is 21.6. The highest BCUT2D eigenvalue weighted by Gasteiger charge is 2.41. The van der Waals surface area contributed by atoms with Crippen molar-refractivity contribution in [1.82, 2.24) is 4.90 Å². The van der Waals surface area contributed by atoms with E-state index in [9.17, 15) is 9.18 Å². The van der Waals surface area contributed by atoms with Crippen molar-refractivity contribution in [3.63, 3.8) is 0 Å². The van der Waals surface area contributed by atoms with E-state index in [0.29, 0.717) is 24.8 Å². The lowest BCUT2D eigenvalue weighted by Gasteiger charge is -2.34. The number of halogens is 1. The molecular weight excluding hydrogens is 433 g/mol. The maximum Gasteiger partial charge on any atom is 0.153 e. The topological polar surface area (TPSA) is 20.3 Å². The van der Waals surface area contributed by atoms with Gasteiger partial charge in [-0.15, -0.1) is 0 Å². The van der Waals surface area contributed by atoms with Gasteiger partial charge < -0.3 is 0 Å². The summed E-state index contributed by atoms with van der Waals surface area (Å²) in [5.74, 6) is 0.533. The quantitative estimate of drug-likeness (QED) is 0.124. The van der Waals surface area contributed by atoms with E-state index in [4.69, 9.17) is 0 Å². The Labute approximate surface area is 219 Å². The summed E-state index contributed by atoms with van der Waals surface area (Å²) in [4.78, 5) is 16.3. The molecule has 1 aliphatic rings. The number of likely N-dealkylation sites (tertiary alicyclic amines) is 1. The standard InChI is InChI=1S/C32H62FNO/c1-5-9-13-16-20-24-30(25-21-17-14-10-6-2)34-27-29(33)26-31(34)32(35)28(22-18-12-8-4)23-19-15-11-7-3/h28-31H,5-27H2,1-4H3. The van der Waals surface area contributed by atoms with Gasteiger partial charge in [-0.3, -0.25) is 9.69 Å². The molecule has 208 valence electrons. The molecule has 0 aromatic rings. The van der Waals surface area contributed by atoms with Crippen LogP contribution >= 0.6 is 0 Å². The number of carbonyl (C=O) groups is 1. The smallest absolute Gasteiger partial charge is 0.153 e. The SMILES string of the molecule is CCCCCCCC(CCCCCCC)N1CC(F)CC1C(=O)C(CCCCC)CCCCCC. The molecule has 1 heterocycles.